The number of anilines is 1. The number of carbonyl (C=O) groups excluding carboxylic acids is 1. The van der Waals surface area contributed by atoms with Gasteiger partial charge >= 0.3 is 0 Å². The van der Waals surface area contributed by atoms with Crippen molar-refractivity contribution >= 4 is 11.6 Å². The Labute approximate surface area is 159 Å². The van der Waals surface area contributed by atoms with E-state index in [0.29, 0.717) is 24.6 Å². The summed E-state index contributed by atoms with van der Waals surface area (Å²) in [6, 6.07) is 17.7. The van der Waals surface area contributed by atoms with Crippen LogP contribution in [0.2, 0.25) is 0 Å². The lowest BCUT2D eigenvalue weighted by Crippen LogP contribution is -2.12. The molecular weight excluding hydrogens is 338 g/mol. The van der Waals surface area contributed by atoms with Crippen molar-refractivity contribution in [1.82, 2.24) is 10.2 Å². The van der Waals surface area contributed by atoms with Gasteiger partial charge in [0.25, 0.3) is 0 Å². The van der Waals surface area contributed by atoms with Crippen molar-refractivity contribution in [2.45, 2.75) is 45.4 Å². The Kier molecular flexibility index (Phi) is 6.74. The standard InChI is InChI=1S/C22H25N3O2/c1-2-3-5-8-17-11-13-19(14-12-17)23-20(26)15-16-21-24-25-22(27-21)18-9-6-4-7-10-18/h4,6-7,9-14H,2-3,5,8,15-16H2,1H3,(H,23,26). The molecule has 0 radical (unpaired) electrons. The molecule has 0 aliphatic rings. The van der Waals surface area contributed by atoms with Gasteiger partial charge < -0.3 is 9.73 Å². The SMILES string of the molecule is CCCCCc1ccc(NC(=O)CCc2nnc(-c3ccccc3)o2)cc1. The van der Waals surface area contributed by atoms with E-state index in [1.165, 1.54) is 24.8 Å². The van der Waals surface area contributed by atoms with Crippen molar-refractivity contribution in [2.24, 2.45) is 0 Å². The maximum absolute atomic E-state index is 12.2. The van der Waals surface area contributed by atoms with Crippen LogP contribution in [0.4, 0.5) is 5.69 Å². The van der Waals surface area contributed by atoms with Gasteiger partial charge in [-0.2, -0.15) is 0 Å². The predicted octanol–water partition coefficient (Wildman–Crippen LogP) is 5.04. The number of rotatable bonds is 9. The van der Waals surface area contributed by atoms with Crippen LogP contribution in [0.3, 0.4) is 0 Å². The fourth-order valence-electron chi connectivity index (χ4n) is 2.83. The summed E-state index contributed by atoms with van der Waals surface area (Å²) in [4.78, 5) is 12.2. The minimum atomic E-state index is -0.0619. The minimum Gasteiger partial charge on any atom is -0.421 e. The van der Waals surface area contributed by atoms with E-state index in [-0.39, 0.29) is 5.91 Å². The number of nitrogens with zero attached hydrogens (tertiary/aromatic N) is 2. The topological polar surface area (TPSA) is 68.0 Å². The molecule has 0 aliphatic carbocycles. The second kappa shape index (κ2) is 9.67. The second-order valence-corrected chi connectivity index (χ2v) is 6.57. The van der Waals surface area contributed by atoms with Gasteiger partial charge in [-0.25, -0.2) is 0 Å². The molecule has 3 aromatic rings. The molecule has 3 rings (SSSR count). The Bertz CT molecular complexity index is 842. The van der Waals surface area contributed by atoms with Gasteiger partial charge in [0.2, 0.25) is 17.7 Å². The first-order valence-electron chi connectivity index (χ1n) is 9.51. The fourth-order valence-corrected chi connectivity index (χ4v) is 2.83. The van der Waals surface area contributed by atoms with Crippen LogP contribution in [0.1, 0.15) is 44.1 Å². The zero-order chi connectivity index (χ0) is 18.9. The van der Waals surface area contributed by atoms with Crippen molar-refractivity contribution in [3.05, 3.63) is 66.1 Å². The van der Waals surface area contributed by atoms with Crippen molar-refractivity contribution < 1.29 is 9.21 Å². The van der Waals surface area contributed by atoms with Gasteiger partial charge in [0.05, 0.1) is 0 Å². The van der Waals surface area contributed by atoms with Gasteiger partial charge in [0, 0.05) is 24.1 Å². The van der Waals surface area contributed by atoms with Gasteiger partial charge in [-0.1, -0.05) is 50.1 Å². The van der Waals surface area contributed by atoms with Crippen LogP contribution in [0.25, 0.3) is 11.5 Å². The zero-order valence-electron chi connectivity index (χ0n) is 15.6. The molecule has 5 heteroatoms. The predicted molar refractivity (Wildman–Crippen MR) is 106 cm³/mol. The number of hydrogen-bond acceptors (Lipinski definition) is 4. The summed E-state index contributed by atoms with van der Waals surface area (Å²) in [6.07, 6.45) is 5.48. The minimum absolute atomic E-state index is 0.0619. The van der Waals surface area contributed by atoms with Gasteiger partial charge in [0.15, 0.2) is 0 Å². The van der Waals surface area contributed by atoms with Crippen LogP contribution in [0.5, 0.6) is 0 Å². The third kappa shape index (κ3) is 5.78. The molecule has 1 amide bonds. The smallest absolute Gasteiger partial charge is 0.247 e. The Morgan fingerprint density at radius 3 is 2.48 bits per heavy atom. The monoisotopic (exact) mass is 363 g/mol. The Morgan fingerprint density at radius 1 is 0.963 bits per heavy atom. The van der Waals surface area contributed by atoms with E-state index in [0.717, 1.165) is 17.7 Å². The molecule has 0 spiro atoms. The molecule has 5 nitrogen and oxygen atoms in total. The Balaban J connectivity index is 1.46. The molecule has 2 aromatic carbocycles. The second-order valence-electron chi connectivity index (χ2n) is 6.57. The molecule has 1 N–H and O–H groups in total. The molecule has 0 bridgehead atoms. The molecule has 0 aliphatic heterocycles. The van der Waals surface area contributed by atoms with Gasteiger partial charge in [-0.3, -0.25) is 4.79 Å². The quantitative estimate of drug-likeness (QED) is 0.541. The molecule has 0 saturated carbocycles. The lowest BCUT2D eigenvalue weighted by atomic mass is 10.1. The first-order valence-corrected chi connectivity index (χ1v) is 9.51. The summed E-state index contributed by atoms with van der Waals surface area (Å²) in [7, 11) is 0. The summed E-state index contributed by atoms with van der Waals surface area (Å²) in [5, 5.41) is 11.0. The summed E-state index contributed by atoms with van der Waals surface area (Å²) >= 11 is 0. The van der Waals surface area contributed by atoms with Crippen molar-refractivity contribution in [1.29, 1.82) is 0 Å². The van der Waals surface area contributed by atoms with E-state index in [1.54, 1.807) is 0 Å². The highest BCUT2D eigenvalue weighted by Crippen LogP contribution is 2.18. The van der Waals surface area contributed by atoms with Crippen LogP contribution in [-0.2, 0) is 17.6 Å². The molecule has 140 valence electrons. The number of benzene rings is 2. The molecule has 27 heavy (non-hydrogen) atoms. The summed E-state index contributed by atoms with van der Waals surface area (Å²) in [5.41, 5.74) is 3.00. The van der Waals surface area contributed by atoms with Crippen LogP contribution in [-0.4, -0.2) is 16.1 Å². The number of nitrogens with one attached hydrogen (secondary N) is 1. The zero-order valence-corrected chi connectivity index (χ0v) is 15.6. The van der Waals surface area contributed by atoms with E-state index in [9.17, 15) is 4.79 Å². The van der Waals surface area contributed by atoms with E-state index in [4.69, 9.17) is 4.42 Å². The normalized spacial score (nSPS) is 10.7. The van der Waals surface area contributed by atoms with Crippen molar-refractivity contribution in [3.8, 4) is 11.5 Å². The number of unbranched alkanes of at least 4 members (excludes halogenated alkanes) is 2. The van der Waals surface area contributed by atoms with Gasteiger partial charge in [-0.05, 0) is 42.7 Å². The third-order valence-electron chi connectivity index (χ3n) is 4.36. The van der Waals surface area contributed by atoms with Crippen molar-refractivity contribution in [2.75, 3.05) is 5.32 Å². The van der Waals surface area contributed by atoms with E-state index >= 15 is 0 Å². The van der Waals surface area contributed by atoms with Crippen LogP contribution in [0, 0.1) is 0 Å². The lowest BCUT2D eigenvalue weighted by Gasteiger charge is -2.06. The molecule has 0 saturated heterocycles. The summed E-state index contributed by atoms with van der Waals surface area (Å²) in [6.45, 7) is 2.20. The first kappa shape index (κ1) is 18.8. The highest BCUT2D eigenvalue weighted by atomic mass is 16.4. The van der Waals surface area contributed by atoms with Gasteiger partial charge in [0.1, 0.15) is 0 Å². The summed E-state index contributed by atoms with van der Waals surface area (Å²) < 4.78 is 5.63. The van der Waals surface area contributed by atoms with Crippen LogP contribution >= 0.6 is 0 Å². The largest absolute Gasteiger partial charge is 0.421 e. The van der Waals surface area contributed by atoms with Crippen LogP contribution < -0.4 is 5.32 Å². The molecular formula is C22H25N3O2. The average Bonchev–Trinajstić information content (AvgIpc) is 3.18. The molecule has 0 atom stereocenters. The highest BCUT2D eigenvalue weighted by Gasteiger charge is 2.10. The molecule has 1 aromatic heterocycles. The fraction of sp³-hybridized carbons (Fsp3) is 0.318. The van der Waals surface area contributed by atoms with E-state index in [1.807, 2.05) is 42.5 Å². The number of carbonyl (C=O) groups is 1. The molecule has 0 fully saturated rings. The first-order chi connectivity index (χ1) is 13.2. The van der Waals surface area contributed by atoms with E-state index in [2.05, 4.69) is 34.6 Å². The maximum Gasteiger partial charge on any atom is 0.247 e. The third-order valence-corrected chi connectivity index (χ3v) is 4.36. The number of hydrogen-bond donors (Lipinski definition) is 1. The number of aryl methyl sites for hydroxylation is 2. The molecule has 1 heterocycles. The molecule has 0 unspecified atom stereocenters. The number of aromatic nitrogens is 2. The Morgan fingerprint density at radius 2 is 1.74 bits per heavy atom. The highest BCUT2D eigenvalue weighted by molar-refractivity contribution is 5.90. The van der Waals surface area contributed by atoms with Crippen LogP contribution in [0.15, 0.2) is 59.0 Å². The number of amides is 1. The summed E-state index contributed by atoms with van der Waals surface area (Å²) in [5.74, 6) is 0.883. The maximum atomic E-state index is 12.2. The lowest BCUT2D eigenvalue weighted by molar-refractivity contribution is -0.116. The van der Waals surface area contributed by atoms with E-state index < -0.39 is 0 Å². The van der Waals surface area contributed by atoms with Gasteiger partial charge in [-0.15, -0.1) is 10.2 Å². The average molecular weight is 363 g/mol. The van der Waals surface area contributed by atoms with Crippen molar-refractivity contribution in [3.63, 3.8) is 0 Å². The Hall–Kier alpha value is -2.95.